The topological polar surface area (TPSA) is 188 Å². The third-order valence-electron chi connectivity index (χ3n) is 8.05. The standard InChI is InChI=1S/C19H20F3N3O3.C19H12O8/c20-19(21,22)14-3-1-4-15(13-14)24-17-16(5-2-6-23-17)18(26)28-12-9-25-7-10-27-11-8-25;1-8(20)26-13-5-3-4-11-15(13)18(23)16-12(17(11)22)6-10(19(24)25)7-14(16)27-9(2)21/h1-6,13H,7-12H2,(H,23,24);3-7H,1-2H3,(H,24,25). The molecule has 286 valence electrons. The number of rotatable bonds is 9. The largest absolute Gasteiger partial charge is 0.478 e. The van der Waals surface area contributed by atoms with Crippen LogP contribution in [0.2, 0.25) is 0 Å². The molecule has 0 saturated carbocycles. The number of nitrogens with one attached hydrogen (secondary N) is 1. The smallest absolute Gasteiger partial charge is 0.416 e. The van der Waals surface area contributed by atoms with Crippen molar-refractivity contribution >= 4 is 46.9 Å². The lowest BCUT2D eigenvalue weighted by Crippen LogP contribution is -2.38. The van der Waals surface area contributed by atoms with Gasteiger partial charge in [-0.05, 0) is 48.5 Å². The van der Waals surface area contributed by atoms with Crippen molar-refractivity contribution in [3.63, 3.8) is 0 Å². The van der Waals surface area contributed by atoms with Gasteiger partial charge in [-0.25, -0.2) is 14.6 Å². The Hall–Kier alpha value is -6.46. The van der Waals surface area contributed by atoms with Crippen LogP contribution in [-0.4, -0.2) is 89.9 Å². The Kier molecular flexibility index (Phi) is 12.4. The number of pyridine rings is 1. The van der Waals surface area contributed by atoms with E-state index in [9.17, 15) is 47.0 Å². The SMILES string of the molecule is CC(=O)Oc1cccc2c1C(=O)c1c(OC(C)=O)cc(C(=O)O)cc1C2=O.O=C(OCCN1CCOCC1)c1cccnc1Nc1cccc(C(F)(F)F)c1. The highest BCUT2D eigenvalue weighted by molar-refractivity contribution is 6.30. The van der Waals surface area contributed by atoms with Crippen LogP contribution in [0.5, 0.6) is 11.5 Å². The average Bonchev–Trinajstić information content (AvgIpc) is 3.13. The van der Waals surface area contributed by atoms with Gasteiger partial charge in [-0.3, -0.25) is 24.1 Å². The summed E-state index contributed by atoms with van der Waals surface area (Å²) < 4.78 is 59.2. The molecule has 2 heterocycles. The highest BCUT2D eigenvalue weighted by Gasteiger charge is 2.37. The molecule has 0 spiro atoms. The van der Waals surface area contributed by atoms with E-state index >= 15 is 0 Å². The maximum Gasteiger partial charge on any atom is 0.416 e. The second-order valence-corrected chi connectivity index (χ2v) is 11.9. The van der Waals surface area contributed by atoms with Crippen molar-refractivity contribution in [1.82, 2.24) is 9.88 Å². The fraction of sp³-hybridized carbons (Fsp3) is 0.237. The van der Waals surface area contributed by atoms with Crippen molar-refractivity contribution in [1.29, 1.82) is 0 Å². The molecule has 2 N–H and O–H groups in total. The number of esters is 3. The minimum Gasteiger partial charge on any atom is -0.478 e. The number of halogens is 3. The van der Waals surface area contributed by atoms with Crippen LogP contribution >= 0.6 is 0 Å². The highest BCUT2D eigenvalue weighted by atomic mass is 19.4. The van der Waals surface area contributed by atoms with Crippen LogP contribution in [0.3, 0.4) is 0 Å². The van der Waals surface area contributed by atoms with Crippen LogP contribution in [0.15, 0.2) is 72.9 Å². The molecule has 4 aromatic rings. The maximum atomic E-state index is 13.1. The van der Waals surface area contributed by atoms with Gasteiger partial charge in [0.15, 0.2) is 5.78 Å². The van der Waals surface area contributed by atoms with Crippen molar-refractivity contribution < 1.29 is 66.0 Å². The number of morpholine rings is 1. The van der Waals surface area contributed by atoms with E-state index in [-0.39, 0.29) is 63.0 Å². The number of anilines is 2. The molecule has 0 amide bonds. The molecule has 55 heavy (non-hydrogen) atoms. The summed E-state index contributed by atoms with van der Waals surface area (Å²) in [6, 6.07) is 14.0. The molecular formula is C38H32F3N3O11. The number of hydrogen-bond acceptors (Lipinski definition) is 13. The number of nitrogens with zero attached hydrogens (tertiary/aromatic N) is 2. The van der Waals surface area contributed by atoms with E-state index in [0.717, 1.165) is 51.2 Å². The lowest BCUT2D eigenvalue weighted by atomic mass is 9.82. The lowest BCUT2D eigenvalue weighted by Gasteiger charge is -2.26. The van der Waals surface area contributed by atoms with E-state index in [4.69, 9.17) is 18.9 Å². The van der Waals surface area contributed by atoms with Gasteiger partial charge in [-0.15, -0.1) is 0 Å². The fourth-order valence-corrected chi connectivity index (χ4v) is 5.60. The van der Waals surface area contributed by atoms with Crippen LogP contribution in [0, 0.1) is 0 Å². The number of fused-ring (bicyclic) bond motifs is 2. The van der Waals surface area contributed by atoms with Gasteiger partial charge in [-0.2, -0.15) is 13.2 Å². The van der Waals surface area contributed by atoms with Crippen LogP contribution in [0.4, 0.5) is 24.7 Å². The van der Waals surface area contributed by atoms with Gasteiger partial charge in [-0.1, -0.05) is 18.2 Å². The van der Waals surface area contributed by atoms with Crippen LogP contribution in [0.25, 0.3) is 0 Å². The molecule has 14 nitrogen and oxygen atoms in total. The molecule has 1 aliphatic carbocycles. The molecule has 0 bridgehead atoms. The predicted molar refractivity (Wildman–Crippen MR) is 186 cm³/mol. The highest BCUT2D eigenvalue weighted by Crippen LogP contribution is 2.38. The summed E-state index contributed by atoms with van der Waals surface area (Å²) in [5.41, 5.74) is -1.42. The van der Waals surface area contributed by atoms with Gasteiger partial charge >= 0.3 is 30.1 Å². The number of carbonyl (C=O) groups is 6. The second-order valence-electron chi connectivity index (χ2n) is 11.9. The Labute approximate surface area is 310 Å². The number of carboxylic acids is 1. The van der Waals surface area contributed by atoms with Gasteiger partial charge in [0.25, 0.3) is 0 Å². The number of hydrogen-bond donors (Lipinski definition) is 2. The monoisotopic (exact) mass is 763 g/mol. The van der Waals surface area contributed by atoms with Crippen LogP contribution in [0.1, 0.15) is 72.0 Å². The van der Waals surface area contributed by atoms with Gasteiger partial charge in [0.1, 0.15) is 29.5 Å². The number of carbonyl (C=O) groups excluding carboxylic acids is 5. The second kappa shape index (κ2) is 17.1. The van der Waals surface area contributed by atoms with Crippen molar-refractivity contribution in [3.8, 4) is 11.5 Å². The molecule has 6 rings (SSSR count). The molecule has 3 aromatic carbocycles. The normalized spacial score (nSPS) is 13.7. The van der Waals surface area contributed by atoms with Gasteiger partial charge in [0, 0.05) is 56.5 Å². The molecule has 1 saturated heterocycles. The first-order chi connectivity index (χ1) is 26.1. The number of carboxylic acid groups (broad SMARTS) is 1. The molecular weight excluding hydrogens is 731 g/mol. The van der Waals surface area contributed by atoms with E-state index in [0.29, 0.717) is 19.8 Å². The quantitative estimate of drug-likeness (QED) is 0.145. The summed E-state index contributed by atoms with van der Waals surface area (Å²) in [6.45, 7) is 5.89. The molecule has 1 aliphatic heterocycles. The van der Waals surface area contributed by atoms with Gasteiger partial charge in [0.2, 0.25) is 5.78 Å². The van der Waals surface area contributed by atoms with E-state index < -0.39 is 47.2 Å². The fourth-order valence-electron chi connectivity index (χ4n) is 5.60. The van der Waals surface area contributed by atoms with Crippen molar-refractivity contribution in [3.05, 3.63) is 112 Å². The zero-order chi connectivity index (χ0) is 39.9. The summed E-state index contributed by atoms with van der Waals surface area (Å²) in [4.78, 5) is 78.6. The number of benzene rings is 3. The minimum absolute atomic E-state index is 0.0393. The Balaban J connectivity index is 0.000000211. The zero-order valence-electron chi connectivity index (χ0n) is 29.2. The van der Waals surface area contributed by atoms with E-state index in [1.54, 1.807) is 6.07 Å². The number of aromatic carboxylic acids is 1. The number of ketones is 2. The van der Waals surface area contributed by atoms with Crippen LogP contribution in [-0.2, 0) is 25.2 Å². The molecule has 1 aromatic heterocycles. The van der Waals surface area contributed by atoms with E-state index in [1.807, 2.05) is 0 Å². The molecule has 0 unspecified atom stereocenters. The first-order valence-electron chi connectivity index (χ1n) is 16.5. The van der Waals surface area contributed by atoms with Gasteiger partial charge in [0.05, 0.1) is 35.5 Å². The number of alkyl halides is 3. The van der Waals surface area contributed by atoms with Gasteiger partial charge < -0.3 is 29.4 Å². The first kappa shape index (κ1) is 39.7. The van der Waals surface area contributed by atoms with Crippen molar-refractivity contribution in [2.24, 2.45) is 0 Å². The molecule has 2 aliphatic rings. The van der Waals surface area contributed by atoms with E-state index in [1.165, 1.54) is 42.6 Å². The summed E-state index contributed by atoms with van der Waals surface area (Å²) in [5.74, 6) is -5.11. The van der Waals surface area contributed by atoms with Crippen LogP contribution < -0.4 is 14.8 Å². The summed E-state index contributed by atoms with van der Waals surface area (Å²) >= 11 is 0. The molecule has 0 atom stereocenters. The average molecular weight is 764 g/mol. The van der Waals surface area contributed by atoms with E-state index in [2.05, 4.69) is 15.2 Å². The summed E-state index contributed by atoms with van der Waals surface area (Å²) in [7, 11) is 0. The summed E-state index contributed by atoms with van der Waals surface area (Å²) in [5, 5.41) is 12.0. The Morgan fingerprint density at radius 3 is 2.20 bits per heavy atom. The van der Waals surface area contributed by atoms with Crippen molar-refractivity contribution in [2.75, 3.05) is 44.8 Å². The molecule has 1 fully saturated rings. The Morgan fingerprint density at radius 1 is 0.855 bits per heavy atom. The molecule has 17 heteroatoms. The van der Waals surface area contributed by atoms with Crippen molar-refractivity contribution in [2.45, 2.75) is 20.0 Å². The molecule has 0 radical (unpaired) electrons. The lowest BCUT2D eigenvalue weighted by molar-refractivity contribution is -0.137. The number of aromatic nitrogens is 1. The summed E-state index contributed by atoms with van der Waals surface area (Å²) in [6.07, 6.45) is -3.01. The third kappa shape index (κ3) is 9.75. The Morgan fingerprint density at radius 2 is 1.53 bits per heavy atom. The Bertz CT molecular complexity index is 2170. The maximum absolute atomic E-state index is 13.1. The zero-order valence-corrected chi connectivity index (χ0v) is 29.2. The third-order valence-corrected chi connectivity index (χ3v) is 8.05. The first-order valence-corrected chi connectivity index (χ1v) is 16.5. The minimum atomic E-state index is -4.46. The number of ether oxygens (including phenoxy) is 4. The predicted octanol–water partition coefficient (Wildman–Crippen LogP) is 5.34.